The molecule has 1 aliphatic heterocycles. The predicted molar refractivity (Wildman–Crippen MR) is 133 cm³/mol. The Morgan fingerprint density at radius 3 is 2.32 bits per heavy atom. The minimum absolute atomic E-state index is 0.0548. The van der Waals surface area contributed by atoms with Crippen molar-refractivity contribution in [1.29, 1.82) is 0 Å². The Bertz CT molecular complexity index is 1110. The maximum atomic E-state index is 13.2. The summed E-state index contributed by atoms with van der Waals surface area (Å²) in [5.41, 5.74) is 0.746. The van der Waals surface area contributed by atoms with Crippen molar-refractivity contribution in [2.24, 2.45) is 0 Å². The second-order valence-electron chi connectivity index (χ2n) is 8.47. The standard InChI is InChI=1S/C25H28Cl2N2O5/c1-14(2)34-19-9-7-6-8-16(19)21-20(23(31)25(32)29(21)11-10-28(3)4)22(30)15-12-17(26)24(33-5)18(27)13-15/h6-9,12-14,21,30H,10-11H2,1-5H3/b22-20+. The number of aliphatic hydroxyl groups is 1. The minimum atomic E-state index is -0.852. The molecule has 2 aromatic rings. The molecule has 1 fully saturated rings. The maximum Gasteiger partial charge on any atom is 0.295 e. The molecule has 1 saturated heterocycles. The number of likely N-dealkylation sites (tertiary alicyclic amines) is 1. The Balaban J connectivity index is 2.24. The van der Waals surface area contributed by atoms with Crippen molar-refractivity contribution in [3.63, 3.8) is 0 Å². The molecule has 0 spiro atoms. The van der Waals surface area contributed by atoms with Gasteiger partial charge in [-0.1, -0.05) is 41.4 Å². The Kier molecular flexibility index (Phi) is 8.13. The van der Waals surface area contributed by atoms with Gasteiger partial charge in [0.25, 0.3) is 11.7 Å². The zero-order valence-electron chi connectivity index (χ0n) is 19.8. The molecule has 1 aliphatic rings. The van der Waals surface area contributed by atoms with E-state index in [1.54, 1.807) is 18.2 Å². The molecule has 34 heavy (non-hydrogen) atoms. The van der Waals surface area contributed by atoms with E-state index in [2.05, 4.69) is 0 Å². The van der Waals surface area contributed by atoms with Crippen LogP contribution in [0, 0.1) is 0 Å². The van der Waals surface area contributed by atoms with Gasteiger partial charge in [-0.3, -0.25) is 9.59 Å². The smallest absolute Gasteiger partial charge is 0.295 e. The Labute approximate surface area is 209 Å². The number of benzene rings is 2. The highest BCUT2D eigenvalue weighted by Gasteiger charge is 2.47. The summed E-state index contributed by atoms with van der Waals surface area (Å²) in [5, 5.41) is 11.6. The van der Waals surface area contributed by atoms with Crippen LogP contribution in [0.25, 0.3) is 5.76 Å². The molecule has 0 aliphatic carbocycles. The number of hydrogen-bond acceptors (Lipinski definition) is 6. The number of likely N-dealkylation sites (N-methyl/N-ethyl adjacent to an activating group) is 1. The number of ether oxygens (including phenoxy) is 2. The van der Waals surface area contributed by atoms with Gasteiger partial charge in [-0.05, 0) is 46.1 Å². The molecular formula is C25H28Cl2N2O5. The number of carbonyl (C=O) groups excluding carboxylic acids is 2. The van der Waals surface area contributed by atoms with E-state index in [0.717, 1.165) is 0 Å². The quantitative estimate of drug-likeness (QED) is 0.315. The number of para-hydroxylation sites is 1. The molecule has 1 atom stereocenters. The number of methoxy groups -OCH3 is 1. The summed E-state index contributed by atoms with van der Waals surface area (Å²) in [6.45, 7) is 4.58. The molecule has 1 amide bonds. The van der Waals surface area contributed by atoms with E-state index >= 15 is 0 Å². The number of amides is 1. The average molecular weight is 507 g/mol. The van der Waals surface area contributed by atoms with Crippen LogP contribution >= 0.6 is 23.2 Å². The van der Waals surface area contributed by atoms with Crippen molar-refractivity contribution >= 4 is 40.7 Å². The lowest BCUT2D eigenvalue weighted by Gasteiger charge is -2.28. The summed E-state index contributed by atoms with van der Waals surface area (Å²) in [6.07, 6.45) is -0.135. The number of nitrogens with zero attached hydrogens (tertiary/aromatic N) is 2. The lowest BCUT2D eigenvalue weighted by atomic mass is 9.94. The summed E-state index contributed by atoms with van der Waals surface area (Å²) in [6, 6.07) is 9.23. The van der Waals surface area contributed by atoms with Crippen molar-refractivity contribution in [3.8, 4) is 11.5 Å². The average Bonchev–Trinajstić information content (AvgIpc) is 3.01. The number of rotatable bonds is 8. The highest BCUT2D eigenvalue weighted by molar-refractivity contribution is 6.46. The summed E-state index contributed by atoms with van der Waals surface area (Å²) in [4.78, 5) is 29.7. The van der Waals surface area contributed by atoms with Crippen LogP contribution in [0.1, 0.15) is 31.0 Å². The molecule has 7 nitrogen and oxygen atoms in total. The van der Waals surface area contributed by atoms with Crippen molar-refractivity contribution in [3.05, 3.63) is 63.1 Å². The number of hydrogen-bond donors (Lipinski definition) is 1. The first-order valence-corrected chi connectivity index (χ1v) is 11.5. The van der Waals surface area contributed by atoms with Crippen molar-refractivity contribution in [1.82, 2.24) is 9.80 Å². The van der Waals surface area contributed by atoms with Crippen LogP contribution in [0.3, 0.4) is 0 Å². The third kappa shape index (κ3) is 5.17. The number of Topliss-reactive ketones (excluding diaryl/α,β-unsaturated/α-hetero) is 1. The molecule has 0 radical (unpaired) electrons. The van der Waals surface area contributed by atoms with E-state index < -0.39 is 17.7 Å². The first-order chi connectivity index (χ1) is 16.1. The molecule has 3 rings (SSSR count). The van der Waals surface area contributed by atoms with Gasteiger partial charge >= 0.3 is 0 Å². The second kappa shape index (κ2) is 10.7. The molecule has 0 bridgehead atoms. The van der Waals surface area contributed by atoms with Crippen LogP contribution in [-0.2, 0) is 9.59 Å². The molecule has 182 valence electrons. The van der Waals surface area contributed by atoms with Crippen LogP contribution in [0.15, 0.2) is 42.0 Å². The van der Waals surface area contributed by atoms with Gasteiger partial charge in [-0.15, -0.1) is 0 Å². The summed E-state index contributed by atoms with van der Waals surface area (Å²) in [7, 11) is 5.18. The van der Waals surface area contributed by atoms with E-state index in [-0.39, 0.29) is 45.3 Å². The van der Waals surface area contributed by atoms with E-state index in [1.165, 1.54) is 24.1 Å². The van der Waals surface area contributed by atoms with Crippen molar-refractivity contribution < 1.29 is 24.2 Å². The molecule has 1 N–H and O–H groups in total. The van der Waals surface area contributed by atoms with Gasteiger partial charge in [0.05, 0.1) is 34.9 Å². The third-order valence-corrected chi connectivity index (χ3v) is 5.94. The number of halogens is 2. The molecule has 9 heteroatoms. The first kappa shape index (κ1) is 25.9. The lowest BCUT2D eigenvalue weighted by molar-refractivity contribution is -0.140. The summed E-state index contributed by atoms with van der Waals surface area (Å²) >= 11 is 12.5. The van der Waals surface area contributed by atoms with Gasteiger partial charge in [-0.2, -0.15) is 0 Å². The fourth-order valence-corrected chi connectivity index (χ4v) is 4.50. The third-order valence-electron chi connectivity index (χ3n) is 5.38. The Hall–Kier alpha value is -2.74. The minimum Gasteiger partial charge on any atom is -0.507 e. The largest absolute Gasteiger partial charge is 0.507 e. The molecule has 0 saturated carbocycles. The van der Waals surface area contributed by atoms with Crippen molar-refractivity contribution in [2.45, 2.75) is 26.0 Å². The monoisotopic (exact) mass is 506 g/mol. The van der Waals surface area contributed by atoms with E-state index in [4.69, 9.17) is 32.7 Å². The number of carbonyl (C=O) groups is 2. The topological polar surface area (TPSA) is 79.3 Å². The van der Waals surface area contributed by atoms with E-state index in [9.17, 15) is 14.7 Å². The number of aliphatic hydroxyl groups excluding tert-OH is 1. The van der Waals surface area contributed by atoms with Gasteiger partial charge in [0.1, 0.15) is 11.5 Å². The normalized spacial score (nSPS) is 17.7. The number of ketones is 1. The molecule has 0 aromatic heterocycles. The summed E-state index contributed by atoms with van der Waals surface area (Å²) < 4.78 is 11.2. The van der Waals surface area contributed by atoms with Crippen LogP contribution < -0.4 is 9.47 Å². The van der Waals surface area contributed by atoms with Gasteiger partial charge in [0.15, 0.2) is 5.75 Å². The second-order valence-corrected chi connectivity index (χ2v) is 9.29. The zero-order valence-corrected chi connectivity index (χ0v) is 21.3. The van der Waals surface area contributed by atoms with Crippen LogP contribution in [0.2, 0.25) is 10.0 Å². The van der Waals surface area contributed by atoms with Gasteiger partial charge in [0.2, 0.25) is 0 Å². The highest BCUT2D eigenvalue weighted by Crippen LogP contribution is 2.44. The zero-order chi connectivity index (χ0) is 25.2. The predicted octanol–water partition coefficient (Wildman–Crippen LogP) is 4.77. The van der Waals surface area contributed by atoms with Gasteiger partial charge < -0.3 is 24.4 Å². The maximum absolute atomic E-state index is 13.2. The van der Waals surface area contributed by atoms with Crippen LogP contribution in [0.5, 0.6) is 11.5 Å². The molecule has 1 unspecified atom stereocenters. The highest BCUT2D eigenvalue weighted by atomic mass is 35.5. The van der Waals surface area contributed by atoms with Crippen molar-refractivity contribution in [2.75, 3.05) is 34.3 Å². The Morgan fingerprint density at radius 2 is 1.76 bits per heavy atom. The van der Waals surface area contributed by atoms with Gasteiger partial charge in [0, 0.05) is 24.2 Å². The van der Waals surface area contributed by atoms with E-state index in [0.29, 0.717) is 17.9 Å². The van der Waals surface area contributed by atoms with Crippen LogP contribution in [0.4, 0.5) is 0 Å². The molecule has 1 heterocycles. The fourth-order valence-electron chi connectivity index (χ4n) is 3.86. The first-order valence-electron chi connectivity index (χ1n) is 10.8. The SMILES string of the molecule is COc1c(Cl)cc(/C(O)=C2\C(=O)C(=O)N(CCN(C)C)C2c2ccccc2OC(C)C)cc1Cl. The molecular weight excluding hydrogens is 479 g/mol. The summed E-state index contributed by atoms with van der Waals surface area (Å²) in [5.74, 6) is -1.09. The molecule has 2 aromatic carbocycles. The fraction of sp³-hybridized carbons (Fsp3) is 0.360. The van der Waals surface area contributed by atoms with E-state index in [1.807, 2.05) is 38.9 Å². The Morgan fingerprint density at radius 1 is 1.15 bits per heavy atom. The lowest BCUT2D eigenvalue weighted by Crippen LogP contribution is -2.35. The van der Waals surface area contributed by atoms with Gasteiger partial charge in [-0.25, -0.2) is 0 Å². The van der Waals surface area contributed by atoms with Crippen LogP contribution in [-0.4, -0.2) is 67.0 Å².